The number of amides is 1. The number of aliphatic hydroxyl groups excluding tert-OH is 1. The lowest BCUT2D eigenvalue weighted by atomic mass is 10.0. The fraction of sp³-hybridized carbons (Fsp3) is 0.500. The van der Waals surface area contributed by atoms with Gasteiger partial charge in [-0.05, 0) is 30.5 Å². The molecule has 0 aliphatic carbocycles. The third-order valence-electron chi connectivity index (χ3n) is 3.75. The van der Waals surface area contributed by atoms with E-state index in [1.165, 1.54) is 14.2 Å². The lowest BCUT2D eigenvalue weighted by Gasteiger charge is -2.23. The second-order valence-corrected chi connectivity index (χ2v) is 5.23. The molecule has 0 radical (unpaired) electrons. The molecule has 23 heavy (non-hydrogen) atoms. The van der Waals surface area contributed by atoms with Gasteiger partial charge in [0, 0.05) is 6.61 Å². The SMILES string of the molecule is COC(=O)C(NC(=O)C1CCCO1)C(O)c1ccc(OC)cc1. The van der Waals surface area contributed by atoms with Crippen molar-refractivity contribution < 1.29 is 28.9 Å². The predicted octanol–water partition coefficient (Wildman–Crippen LogP) is 0.565. The maximum absolute atomic E-state index is 12.1. The minimum absolute atomic E-state index is 0.425. The summed E-state index contributed by atoms with van der Waals surface area (Å²) in [5, 5.41) is 13.0. The second kappa shape index (κ2) is 7.94. The van der Waals surface area contributed by atoms with Gasteiger partial charge in [0.05, 0.1) is 14.2 Å². The third kappa shape index (κ3) is 4.20. The Morgan fingerprint density at radius 2 is 2.00 bits per heavy atom. The van der Waals surface area contributed by atoms with Crippen LogP contribution in [0.15, 0.2) is 24.3 Å². The molecule has 0 saturated carbocycles. The van der Waals surface area contributed by atoms with Crippen molar-refractivity contribution in [1.29, 1.82) is 0 Å². The van der Waals surface area contributed by atoms with Gasteiger partial charge in [-0.2, -0.15) is 0 Å². The fourth-order valence-corrected chi connectivity index (χ4v) is 2.42. The smallest absolute Gasteiger partial charge is 0.331 e. The molecule has 126 valence electrons. The molecular formula is C16H21NO6. The average Bonchev–Trinajstić information content (AvgIpc) is 3.13. The van der Waals surface area contributed by atoms with Gasteiger partial charge in [-0.3, -0.25) is 4.79 Å². The second-order valence-electron chi connectivity index (χ2n) is 5.23. The fourth-order valence-electron chi connectivity index (χ4n) is 2.42. The van der Waals surface area contributed by atoms with E-state index >= 15 is 0 Å². The Morgan fingerprint density at radius 3 is 2.52 bits per heavy atom. The van der Waals surface area contributed by atoms with Crippen LogP contribution in [-0.2, 0) is 19.1 Å². The number of carbonyl (C=O) groups excluding carboxylic acids is 2. The topological polar surface area (TPSA) is 94.1 Å². The molecule has 0 aromatic heterocycles. The lowest BCUT2D eigenvalue weighted by Crippen LogP contribution is -2.49. The van der Waals surface area contributed by atoms with E-state index in [9.17, 15) is 14.7 Å². The molecule has 2 rings (SSSR count). The molecule has 7 heteroatoms. The Hall–Kier alpha value is -2.12. The van der Waals surface area contributed by atoms with E-state index in [-0.39, 0.29) is 0 Å². The van der Waals surface area contributed by atoms with E-state index in [1.54, 1.807) is 24.3 Å². The zero-order valence-corrected chi connectivity index (χ0v) is 13.2. The summed E-state index contributed by atoms with van der Waals surface area (Å²) in [6.07, 6.45) is -0.440. The maximum Gasteiger partial charge on any atom is 0.331 e. The van der Waals surface area contributed by atoms with Crippen molar-refractivity contribution >= 4 is 11.9 Å². The third-order valence-corrected chi connectivity index (χ3v) is 3.75. The van der Waals surface area contributed by atoms with Gasteiger partial charge in [0.2, 0.25) is 5.91 Å². The number of nitrogens with one attached hydrogen (secondary N) is 1. The van der Waals surface area contributed by atoms with Crippen molar-refractivity contribution in [2.24, 2.45) is 0 Å². The first-order valence-electron chi connectivity index (χ1n) is 7.38. The van der Waals surface area contributed by atoms with Crippen LogP contribution in [0.4, 0.5) is 0 Å². The van der Waals surface area contributed by atoms with E-state index in [0.29, 0.717) is 24.3 Å². The molecule has 1 aliphatic heterocycles. The van der Waals surface area contributed by atoms with Gasteiger partial charge in [0.1, 0.15) is 18.0 Å². The van der Waals surface area contributed by atoms with Crippen LogP contribution >= 0.6 is 0 Å². The Bertz CT molecular complexity index is 538. The molecule has 7 nitrogen and oxygen atoms in total. The molecule has 1 amide bonds. The first-order chi connectivity index (χ1) is 11.1. The number of ether oxygens (including phenoxy) is 3. The molecule has 2 N–H and O–H groups in total. The first-order valence-corrected chi connectivity index (χ1v) is 7.38. The zero-order chi connectivity index (χ0) is 16.8. The molecule has 1 aromatic rings. The molecule has 1 aliphatic rings. The Kier molecular flexibility index (Phi) is 5.95. The van der Waals surface area contributed by atoms with E-state index in [4.69, 9.17) is 9.47 Å². The highest BCUT2D eigenvalue weighted by atomic mass is 16.5. The Balaban J connectivity index is 2.12. The van der Waals surface area contributed by atoms with Crippen LogP contribution in [0.2, 0.25) is 0 Å². The molecule has 0 spiro atoms. The number of hydrogen-bond donors (Lipinski definition) is 2. The number of benzene rings is 1. The molecule has 3 atom stereocenters. The minimum atomic E-state index is -1.24. The van der Waals surface area contributed by atoms with Crippen molar-refractivity contribution in [2.45, 2.75) is 31.1 Å². The van der Waals surface area contributed by atoms with E-state index in [1.807, 2.05) is 0 Å². The summed E-state index contributed by atoms with van der Waals surface area (Å²) in [4.78, 5) is 24.1. The summed E-state index contributed by atoms with van der Waals surface area (Å²) in [6.45, 7) is 0.516. The van der Waals surface area contributed by atoms with Gasteiger partial charge in [-0.25, -0.2) is 4.79 Å². The predicted molar refractivity (Wildman–Crippen MR) is 80.9 cm³/mol. The van der Waals surface area contributed by atoms with Gasteiger partial charge < -0.3 is 24.6 Å². The van der Waals surface area contributed by atoms with Crippen LogP contribution in [0.1, 0.15) is 24.5 Å². The number of esters is 1. The largest absolute Gasteiger partial charge is 0.497 e. The molecule has 1 saturated heterocycles. The molecule has 1 fully saturated rings. The molecular weight excluding hydrogens is 302 g/mol. The van der Waals surface area contributed by atoms with Crippen molar-refractivity contribution in [3.05, 3.63) is 29.8 Å². The van der Waals surface area contributed by atoms with Crippen molar-refractivity contribution in [1.82, 2.24) is 5.32 Å². The van der Waals surface area contributed by atoms with Crippen LogP contribution in [0.5, 0.6) is 5.75 Å². The van der Waals surface area contributed by atoms with Crippen LogP contribution < -0.4 is 10.1 Å². The summed E-state index contributed by atoms with van der Waals surface area (Å²) in [7, 11) is 2.73. The van der Waals surface area contributed by atoms with E-state index < -0.39 is 30.1 Å². The van der Waals surface area contributed by atoms with Gasteiger partial charge >= 0.3 is 5.97 Å². The van der Waals surface area contributed by atoms with Crippen molar-refractivity contribution in [3.8, 4) is 5.75 Å². The Morgan fingerprint density at radius 1 is 1.30 bits per heavy atom. The minimum Gasteiger partial charge on any atom is -0.497 e. The van der Waals surface area contributed by atoms with Crippen molar-refractivity contribution in [2.75, 3.05) is 20.8 Å². The highest BCUT2D eigenvalue weighted by Crippen LogP contribution is 2.22. The van der Waals surface area contributed by atoms with E-state index in [2.05, 4.69) is 10.1 Å². The highest BCUT2D eigenvalue weighted by molar-refractivity contribution is 5.87. The van der Waals surface area contributed by atoms with Gasteiger partial charge in [-0.15, -0.1) is 0 Å². The quantitative estimate of drug-likeness (QED) is 0.743. The van der Waals surface area contributed by atoms with Gasteiger partial charge in [0.15, 0.2) is 6.04 Å². The average molecular weight is 323 g/mol. The van der Waals surface area contributed by atoms with Gasteiger partial charge in [0.25, 0.3) is 0 Å². The molecule has 1 heterocycles. The summed E-state index contributed by atoms with van der Waals surface area (Å²) in [5.74, 6) is -0.524. The normalized spacial score (nSPS) is 19.7. The molecule has 0 bridgehead atoms. The van der Waals surface area contributed by atoms with Crippen LogP contribution in [0.25, 0.3) is 0 Å². The maximum atomic E-state index is 12.1. The summed E-state index contributed by atoms with van der Waals surface area (Å²) in [6, 6.07) is 5.36. The van der Waals surface area contributed by atoms with Crippen LogP contribution in [0, 0.1) is 0 Å². The lowest BCUT2D eigenvalue weighted by molar-refractivity contribution is -0.150. The molecule has 3 unspecified atom stereocenters. The van der Waals surface area contributed by atoms with Crippen LogP contribution in [0.3, 0.4) is 0 Å². The number of aliphatic hydroxyl groups is 1. The number of rotatable bonds is 6. The number of hydrogen-bond acceptors (Lipinski definition) is 6. The van der Waals surface area contributed by atoms with Gasteiger partial charge in [-0.1, -0.05) is 12.1 Å². The highest BCUT2D eigenvalue weighted by Gasteiger charge is 2.34. The monoisotopic (exact) mass is 323 g/mol. The molecule has 1 aromatic carbocycles. The summed E-state index contributed by atoms with van der Waals surface area (Å²) in [5.41, 5.74) is 0.467. The summed E-state index contributed by atoms with van der Waals surface area (Å²) < 4.78 is 15.0. The van der Waals surface area contributed by atoms with Crippen molar-refractivity contribution in [3.63, 3.8) is 0 Å². The Labute approximate surface area is 134 Å². The first kappa shape index (κ1) is 17.2. The number of carbonyl (C=O) groups is 2. The van der Waals surface area contributed by atoms with E-state index in [0.717, 1.165) is 6.42 Å². The standard InChI is InChI=1S/C16H21NO6/c1-21-11-7-5-10(6-8-11)14(18)13(16(20)22-2)17-15(19)12-4-3-9-23-12/h5-8,12-14,18H,3-4,9H2,1-2H3,(H,17,19). The summed E-state index contributed by atoms with van der Waals surface area (Å²) >= 11 is 0. The zero-order valence-electron chi connectivity index (χ0n) is 13.2. The van der Waals surface area contributed by atoms with Crippen LogP contribution in [-0.4, -0.2) is 50.0 Å². The number of methoxy groups -OCH3 is 2.